The molecule has 144 valence electrons. The van der Waals surface area contributed by atoms with Crippen molar-refractivity contribution in [2.45, 2.75) is 6.92 Å². The first kappa shape index (κ1) is 18.2. The molecule has 0 atom stereocenters. The smallest absolute Gasteiger partial charge is 0.0471 e. The number of aromatic nitrogens is 1. The molecule has 1 N–H and O–H groups in total. The zero-order chi connectivity index (χ0) is 20.3. The second kappa shape index (κ2) is 7.88. The molecule has 0 spiro atoms. The first-order chi connectivity index (χ1) is 14.9. The zero-order valence-corrected chi connectivity index (χ0v) is 17.0. The Morgan fingerprint density at radius 3 is 1.67 bits per heavy atom. The lowest BCUT2D eigenvalue weighted by Crippen LogP contribution is -1.88. The molecular formula is C29H23N. The van der Waals surface area contributed by atoms with Crippen LogP contribution in [0.2, 0.25) is 0 Å². The van der Waals surface area contributed by atoms with Crippen molar-refractivity contribution in [2.24, 2.45) is 0 Å². The average molecular weight is 386 g/mol. The third-order valence-electron chi connectivity index (χ3n) is 5.54. The number of H-pyrrole nitrogens is 1. The first-order valence-electron chi connectivity index (χ1n) is 10.3. The van der Waals surface area contributed by atoms with Crippen LogP contribution in [0.4, 0.5) is 0 Å². The number of allylic oxidation sites excluding steroid dienone is 1. The van der Waals surface area contributed by atoms with E-state index in [1.165, 1.54) is 38.8 Å². The Labute approximate surface area is 177 Å². The molecule has 0 aliphatic heterocycles. The molecule has 1 heterocycles. The summed E-state index contributed by atoms with van der Waals surface area (Å²) in [6, 6.07) is 36.5. The zero-order valence-electron chi connectivity index (χ0n) is 17.0. The molecule has 5 aromatic rings. The van der Waals surface area contributed by atoms with Gasteiger partial charge in [-0.05, 0) is 46.9 Å². The third-order valence-corrected chi connectivity index (χ3v) is 5.54. The molecule has 4 aromatic carbocycles. The van der Waals surface area contributed by atoms with Crippen LogP contribution < -0.4 is 0 Å². The first-order valence-corrected chi connectivity index (χ1v) is 10.3. The summed E-state index contributed by atoms with van der Waals surface area (Å²) in [7, 11) is 0. The number of rotatable bonds is 4. The van der Waals surface area contributed by atoms with Gasteiger partial charge in [0.25, 0.3) is 0 Å². The number of hydrogen-bond donors (Lipinski definition) is 1. The Hall–Kier alpha value is -3.84. The van der Waals surface area contributed by atoms with Crippen molar-refractivity contribution >= 4 is 17.0 Å². The van der Waals surface area contributed by atoms with Gasteiger partial charge in [0.1, 0.15) is 0 Å². The summed E-state index contributed by atoms with van der Waals surface area (Å²) in [5.41, 5.74) is 9.74. The highest BCUT2D eigenvalue weighted by molar-refractivity contribution is 6.12. The summed E-state index contributed by atoms with van der Waals surface area (Å²) in [6.07, 6.45) is 4.26. The summed E-state index contributed by atoms with van der Waals surface area (Å²) in [5.74, 6) is 0. The van der Waals surface area contributed by atoms with Crippen molar-refractivity contribution in [3.63, 3.8) is 0 Å². The molecule has 30 heavy (non-hydrogen) atoms. The SMILES string of the molecule is C/C=C/c1[nH]c2ccc(-c3ccccc3)c(-c3ccccc3)c2c1-c1ccccc1. The lowest BCUT2D eigenvalue weighted by Gasteiger charge is -2.14. The number of fused-ring (bicyclic) bond motifs is 1. The van der Waals surface area contributed by atoms with Gasteiger partial charge in [0.15, 0.2) is 0 Å². The maximum absolute atomic E-state index is 3.67. The van der Waals surface area contributed by atoms with Crippen LogP contribution in [0.5, 0.6) is 0 Å². The molecule has 0 aliphatic rings. The third kappa shape index (κ3) is 3.15. The van der Waals surface area contributed by atoms with Gasteiger partial charge in [-0.2, -0.15) is 0 Å². The van der Waals surface area contributed by atoms with Crippen molar-refractivity contribution in [3.05, 3.63) is 115 Å². The van der Waals surface area contributed by atoms with Gasteiger partial charge in [-0.1, -0.05) is 103 Å². The predicted molar refractivity (Wildman–Crippen MR) is 129 cm³/mol. The van der Waals surface area contributed by atoms with E-state index in [1.54, 1.807) is 0 Å². The molecule has 0 saturated heterocycles. The van der Waals surface area contributed by atoms with E-state index >= 15 is 0 Å². The van der Waals surface area contributed by atoms with Crippen LogP contribution in [0.15, 0.2) is 109 Å². The molecule has 1 heteroatoms. The minimum absolute atomic E-state index is 1.14. The van der Waals surface area contributed by atoms with Gasteiger partial charge >= 0.3 is 0 Å². The van der Waals surface area contributed by atoms with Crippen LogP contribution in [0.25, 0.3) is 50.4 Å². The van der Waals surface area contributed by atoms with Crippen LogP contribution >= 0.6 is 0 Å². The fourth-order valence-corrected chi connectivity index (χ4v) is 4.27. The number of benzene rings is 4. The van der Waals surface area contributed by atoms with Gasteiger partial charge in [-0.15, -0.1) is 0 Å². The number of nitrogens with one attached hydrogen (secondary N) is 1. The average Bonchev–Trinajstić information content (AvgIpc) is 3.18. The Kier molecular flexibility index (Phi) is 4.78. The van der Waals surface area contributed by atoms with Gasteiger partial charge < -0.3 is 4.98 Å². The van der Waals surface area contributed by atoms with Gasteiger partial charge in [-0.3, -0.25) is 0 Å². The molecule has 1 nitrogen and oxygen atoms in total. The molecule has 0 saturated carbocycles. The van der Waals surface area contributed by atoms with E-state index in [1.807, 2.05) is 0 Å². The largest absolute Gasteiger partial charge is 0.354 e. The van der Waals surface area contributed by atoms with Gasteiger partial charge in [0.05, 0.1) is 0 Å². The van der Waals surface area contributed by atoms with E-state index in [-0.39, 0.29) is 0 Å². The van der Waals surface area contributed by atoms with Gasteiger partial charge in [-0.25, -0.2) is 0 Å². The standard InChI is InChI=1S/C29H23N/c1-2-12-25-28(23-17-10-5-11-18-23)29-26(30-25)20-19-24(21-13-6-3-7-14-21)27(29)22-15-8-4-9-16-22/h2-20,30H,1H3/b12-2+. The van der Waals surface area contributed by atoms with E-state index in [2.05, 4.69) is 127 Å². The van der Waals surface area contributed by atoms with E-state index in [0.29, 0.717) is 0 Å². The molecule has 5 rings (SSSR count). The van der Waals surface area contributed by atoms with Crippen LogP contribution in [0.3, 0.4) is 0 Å². The Bertz CT molecular complexity index is 1310. The van der Waals surface area contributed by atoms with Crippen LogP contribution in [0, 0.1) is 0 Å². The van der Waals surface area contributed by atoms with E-state index in [4.69, 9.17) is 0 Å². The predicted octanol–water partition coefficient (Wildman–Crippen LogP) is 8.20. The summed E-state index contributed by atoms with van der Waals surface area (Å²) >= 11 is 0. The maximum Gasteiger partial charge on any atom is 0.0471 e. The molecular weight excluding hydrogens is 362 g/mol. The highest BCUT2D eigenvalue weighted by Gasteiger charge is 2.19. The highest BCUT2D eigenvalue weighted by Crippen LogP contribution is 2.44. The van der Waals surface area contributed by atoms with Crippen LogP contribution in [0.1, 0.15) is 12.6 Å². The molecule has 0 aliphatic carbocycles. The normalized spacial score (nSPS) is 11.4. The lowest BCUT2D eigenvalue weighted by molar-refractivity contribution is 1.42. The van der Waals surface area contributed by atoms with E-state index in [0.717, 1.165) is 11.2 Å². The molecule has 0 fully saturated rings. The fourth-order valence-electron chi connectivity index (χ4n) is 4.27. The molecule has 0 radical (unpaired) electrons. The quantitative estimate of drug-likeness (QED) is 0.321. The summed E-state index contributed by atoms with van der Waals surface area (Å²) < 4.78 is 0. The van der Waals surface area contributed by atoms with E-state index < -0.39 is 0 Å². The minimum Gasteiger partial charge on any atom is -0.354 e. The van der Waals surface area contributed by atoms with Crippen molar-refractivity contribution in [1.29, 1.82) is 0 Å². The number of aromatic amines is 1. The van der Waals surface area contributed by atoms with Crippen molar-refractivity contribution < 1.29 is 0 Å². The van der Waals surface area contributed by atoms with Crippen molar-refractivity contribution in [2.75, 3.05) is 0 Å². The lowest BCUT2D eigenvalue weighted by atomic mass is 9.88. The van der Waals surface area contributed by atoms with E-state index in [9.17, 15) is 0 Å². The molecule has 0 unspecified atom stereocenters. The Balaban J connectivity index is 1.95. The monoisotopic (exact) mass is 385 g/mol. The molecule has 0 bridgehead atoms. The van der Waals surface area contributed by atoms with Gasteiger partial charge in [0.2, 0.25) is 0 Å². The minimum atomic E-state index is 1.14. The summed E-state index contributed by atoms with van der Waals surface area (Å²) in [4.78, 5) is 3.67. The second-order valence-electron chi connectivity index (χ2n) is 7.42. The summed E-state index contributed by atoms with van der Waals surface area (Å²) in [5, 5.41) is 1.27. The highest BCUT2D eigenvalue weighted by atomic mass is 14.7. The molecule has 0 amide bonds. The Morgan fingerprint density at radius 2 is 1.10 bits per heavy atom. The van der Waals surface area contributed by atoms with Crippen molar-refractivity contribution in [1.82, 2.24) is 4.98 Å². The number of hydrogen-bond acceptors (Lipinski definition) is 0. The van der Waals surface area contributed by atoms with Crippen LogP contribution in [-0.4, -0.2) is 4.98 Å². The van der Waals surface area contributed by atoms with Crippen LogP contribution in [-0.2, 0) is 0 Å². The second-order valence-corrected chi connectivity index (χ2v) is 7.42. The Morgan fingerprint density at radius 1 is 0.567 bits per heavy atom. The maximum atomic E-state index is 3.67. The fraction of sp³-hybridized carbons (Fsp3) is 0.0345. The summed E-state index contributed by atoms with van der Waals surface area (Å²) in [6.45, 7) is 2.06. The van der Waals surface area contributed by atoms with Gasteiger partial charge in [0, 0.05) is 22.2 Å². The molecule has 1 aromatic heterocycles. The van der Waals surface area contributed by atoms with Crippen molar-refractivity contribution in [3.8, 4) is 33.4 Å². The topological polar surface area (TPSA) is 15.8 Å².